The second-order valence-electron chi connectivity index (χ2n) is 4.35. The minimum Gasteiger partial charge on any atom is -0.340 e. The lowest BCUT2D eigenvalue weighted by molar-refractivity contribution is 0.0797. The summed E-state index contributed by atoms with van der Waals surface area (Å²) in [5.41, 5.74) is 2.33. The van der Waals surface area contributed by atoms with Gasteiger partial charge in [0.2, 0.25) is 0 Å². The van der Waals surface area contributed by atoms with Crippen LogP contribution in [0.3, 0.4) is 0 Å². The molecular weight excluding hydrogens is 240 g/mol. The molecule has 5 nitrogen and oxygen atoms in total. The molecule has 2 N–H and O–H groups in total. The van der Waals surface area contributed by atoms with Crippen molar-refractivity contribution in [3.8, 4) is 11.3 Å². The van der Waals surface area contributed by atoms with Gasteiger partial charge in [0.15, 0.2) is 0 Å². The van der Waals surface area contributed by atoms with Crippen molar-refractivity contribution in [1.82, 2.24) is 20.4 Å². The van der Waals surface area contributed by atoms with Crippen LogP contribution >= 0.6 is 0 Å². The molecule has 0 radical (unpaired) electrons. The molecule has 0 bridgehead atoms. The van der Waals surface area contributed by atoms with E-state index in [4.69, 9.17) is 0 Å². The summed E-state index contributed by atoms with van der Waals surface area (Å²) in [5, 5.41) is 9.92. The number of rotatable bonds is 5. The Hall–Kier alpha value is -2.14. The number of nitrogens with zero attached hydrogens (tertiary/aromatic N) is 2. The average molecular weight is 258 g/mol. The van der Waals surface area contributed by atoms with Gasteiger partial charge in [-0.3, -0.25) is 9.89 Å². The maximum atomic E-state index is 12.3. The zero-order valence-corrected chi connectivity index (χ0v) is 11.2. The van der Waals surface area contributed by atoms with E-state index in [1.54, 1.807) is 18.1 Å². The summed E-state index contributed by atoms with van der Waals surface area (Å²) in [6.07, 6.45) is 1.58. The lowest BCUT2D eigenvalue weighted by Gasteiger charge is -2.16. The van der Waals surface area contributed by atoms with Crippen LogP contribution in [0.15, 0.2) is 36.5 Å². The minimum atomic E-state index is -0.0251. The maximum Gasteiger partial charge on any atom is 0.257 e. The van der Waals surface area contributed by atoms with Gasteiger partial charge < -0.3 is 10.2 Å². The van der Waals surface area contributed by atoms with Crippen molar-refractivity contribution in [3.05, 3.63) is 42.1 Å². The number of aromatic amines is 1. The first-order valence-corrected chi connectivity index (χ1v) is 6.23. The number of carbonyl (C=O) groups is 1. The molecule has 100 valence electrons. The largest absolute Gasteiger partial charge is 0.340 e. The van der Waals surface area contributed by atoms with Crippen LogP contribution in [-0.4, -0.2) is 48.2 Å². The number of aromatic nitrogens is 2. The topological polar surface area (TPSA) is 61.0 Å². The van der Waals surface area contributed by atoms with Gasteiger partial charge in [-0.15, -0.1) is 0 Å². The summed E-state index contributed by atoms with van der Waals surface area (Å²) in [4.78, 5) is 14.0. The predicted molar refractivity (Wildman–Crippen MR) is 74.9 cm³/mol. The third-order valence-electron chi connectivity index (χ3n) is 2.98. The highest BCUT2D eigenvalue weighted by Crippen LogP contribution is 2.21. The molecule has 0 unspecified atom stereocenters. The van der Waals surface area contributed by atoms with Gasteiger partial charge in [0.1, 0.15) is 0 Å². The average Bonchev–Trinajstić information content (AvgIpc) is 2.94. The molecule has 1 amide bonds. The van der Waals surface area contributed by atoms with Crippen LogP contribution in [0.2, 0.25) is 0 Å². The predicted octanol–water partition coefficient (Wildman–Crippen LogP) is 1.37. The Bertz CT molecular complexity index is 535. The molecule has 0 saturated heterocycles. The molecular formula is C14H18N4O. The minimum absolute atomic E-state index is 0.0251. The SMILES string of the molecule is CNCCN(C)C(=O)c1cn[nH]c1-c1ccccc1. The summed E-state index contributed by atoms with van der Waals surface area (Å²) in [5.74, 6) is -0.0251. The number of hydrogen-bond acceptors (Lipinski definition) is 3. The number of amides is 1. The van der Waals surface area contributed by atoms with Gasteiger partial charge >= 0.3 is 0 Å². The van der Waals surface area contributed by atoms with Crippen LogP contribution in [0.4, 0.5) is 0 Å². The van der Waals surface area contributed by atoms with Crippen molar-refractivity contribution in [2.45, 2.75) is 0 Å². The highest BCUT2D eigenvalue weighted by atomic mass is 16.2. The van der Waals surface area contributed by atoms with Crippen LogP contribution in [0.25, 0.3) is 11.3 Å². The Labute approximate surface area is 112 Å². The van der Waals surface area contributed by atoms with Gasteiger partial charge in [0.05, 0.1) is 17.5 Å². The molecule has 0 spiro atoms. The fraction of sp³-hybridized carbons (Fsp3) is 0.286. The Morgan fingerprint density at radius 1 is 1.37 bits per heavy atom. The van der Waals surface area contributed by atoms with Crippen LogP contribution < -0.4 is 5.32 Å². The fourth-order valence-electron chi connectivity index (χ4n) is 1.86. The zero-order valence-electron chi connectivity index (χ0n) is 11.2. The summed E-state index contributed by atoms with van der Waals surface area (Å²) >= 11 is 0. The molecule has 5 heteroatoms. The van der Waals surface area contributed by atoms with Crippen molar-refractivity contribution in [3.63, 3.8) is 0 Å². The second kappa shape index (κ2) is 6.15. The molecule has 0 fully saturated rings. The summed E-state index contributed by atoms with van der Waals surface area (Å²) in [6, 6.07) is 9.74. The third kappa shape index (κ3) is 3.00. The Morgan fingerprint density at radius 2 is 2.11 bits per heavy atom. The highest BCUT2D eigenvalue weighted by Gasteiger charge is 2.18. The van der Waals surface area contributed by atoms with E-state index in [0.717, 1.165) is 17.8 Å². The van der Waals surface area contributed by atoms with E-state index in [1.165, 1.54) is 0 Å². The van der Waals surface area contributed by atoms with E-state index in [9.17, 15) is 4.79 Å². The Balaban J connectivity index is 2.22. The maximum absolute atomic E-state index is 12.3. The number of nitrogens with one attached hydrogen (secondary N) is 2. The van der Waals surface area contributed by atoms with Crippen LogP contribution in [0.1, 0.15) is 10.4 Å². The highest BCUT2D eigenvalue weighted by molar-refractivity contribution is 5.99. The lowest BCUT2D eigenvalue weighted by Crippen LogP contribution is -2.32. The zero-order chi connectivity index (χ0) is 13.7. The van der Waals surface area contributed by atoms with E-state index < -0.39 is 0 Å². The first kappa shape index (κ1) is 13.3. The van der Waals surface area contributed by atoms with Gasteiger partial charge in [-0.1, -0.05) is 30.3 Å². The van der Waals surface area contributed by atoms with E-state index in [2.05, 4.69) is 15.5 Å². The molecule has 0 aliphatic heterocycles. The van der Waals surface area contributed by atoms with Gasteiger partial charge in [-0.25, -0.2) is 0 Å². The van der Waals surface area contributed by atoms with Gasteiger partial charge in [-0.05, 0) is 7.05 Å². The van der Waals surface area contributed by atoms with Crippen molar-refractivity contribution >= 4 is 5.91 Å². The Kier molecular flexibility index (Phi) is 4.30. The van der Waals surface area contributed by atoms with E-state index in [1.807, 2.05) is 37.4 Å². The van der Waals surface area contributed by atoms with Gasteiger partial charge in [-0.2, -0.15) is 5.10 Å². The normalized spacial score (nSPS) is 10.4. The lowest BCUT2D eigenvalue weighted by atomic mass is 10.1. The summed E-state index contributed by atoms with van der Waals surface area (Å²) < 4.78 is 0. The standard InChI is InChI=1S/C14H18N4O/c1-15-8-9-18(2)14(19)12-10-16-17-13(12)11-6-4-3-5-7-11/h3-7,10,15H,8-9H2,1-2H3,(H,16,17). The van der Waals surface area contributed by atoms with Gasteiger partial charge in [0, 0.05) is 25.7 Å². The number of likely N-dealkylation sites (N-methyl/N-ethyl adjacent to an activating group) is 2. The second-order valence-corrected chi connectivity index (χ2v) is 4.35. The quantitative estimate of drug-likeness (QED) is 0.851. The van der Waals surface area contributed by atoms with E-state index in [-0.39, 0.29) is 5.91 Å². The van der Waals surface area contributed by atoms with Crippen LogP contribution in [0.5, 0.6) is 0 Å². The molecule has 1 heterocycles. The first-order valence-electron chi connectivity index (χ1n) is 6.23. The molecule has 1 aromatic carbocycles. The number of benzene rings is 1. The molecule has 19 heavy (non-hydrogen) atoms. The third-order valence-corrected chi connectivity index (χ3v) is 2.98. The fourth-order valence-corrected chi connectivity index (χ4v) is 1.86. The summed E-state index contributed by atoms with van der Waals surface area (Å²) in [6.45, 7) is 1.43. The smallest absolute Gasteiger partial charge is 0.257 e. The summed E-state index contributed by atoms with van der Waals surface area (Å²) in [7, 11) is 3.66. The van der Waals surface area contributed by atoms with E-state index >= 15 is 0 Å². The molecule has 0 aliphatic rings. The molecule has 1 aromatic heterocycles. The van der Waals surface area contributed by atoms with Crippen LogP contribution in [-0.2, 0) is 0 Å². The Morgan fingerprint density at radius 3 is 2.79 bits per heavy atom. The first-order chi connectivity index (χ1) is 9.24. The van der Waals surface area contributed by atoms with Crippen molar-refractivity contribution in [2.24, 2.45) is 0 Å². The van der Waals surface area contributed by atoms with Crippen LogP contribution in [0, 0.1) is 0 Å². The van der Waals surface area contributed by atoms with Gasteiger partial charge in [0.25, 0.3) is 5.91 Å². The number of hydrogen-bond donors (Lipinski definition) is 2. The van der Waals surface area contributed by atoms with Crippen molar-refractivity contribution in [1.29, 1.82) is 0 Å². The van der Waals surface area contributed by atoms with E-state index in [0.29, 0.717) is 12.1 Å². The van der Waals surface area contributed by atoms with Crippen molar-refractivity contribution < 1.29 is 4.79 Å². The van der Waals surface area contributed by atoms with Crippen molar-refractivity contribution in [2.75, 3.05) is 27.2 Å². The monoisotopic (exact) mass is 258 g/mol. The number of carbonyl (C=O) groups excluding carboxylic acids is 1. The molecule has 0 atom stereocenters. The molecule has 0 saturated carbocycles. The number of H-pyrrole nitrogens is 1. The molecule has 0 aliphatic carbocycles. The molecule has 2 rings (SSSR count). The molecule has 2 aromatic rings.